The molecule has 1 atom stereocenters. The first-order chi connectivity index (χ1) is 15.7. The van der Waals surface area contributed by atoms with Gasteiger partial charge in [0.1, 0.15) is 0 Å². The van der Waals surface area contributed by atoms with E-state index in [0.717, 1.165) is 51.6 Å². The summed E-state index contributed by atoms with van der Waals surface area (Å²) in [5, 5.41) is 7.12. The van der Waals surface area contributed by atoms with Crippen LogP contribution in [0.4, 0.5) is 13.2 Å². The summed E-state index contributed by atoms with van der Waals surface area (Å²) < 4.78 is 37.2. The van der Waals surface area contributed by atoms with E-state index in [1.807, 2.05) is 0 Å². The van der Waals surface area contributed by atoms with Gasteiger partial charge in [0.05, 0.1) is 5.54 Å². The summed E-state index contributed by atoms with van der Waals surface area (Å²) in [6.45, 7) is 8.27. The van der Waals surface area contributed by atoms with Gasteiger partial charge in [0.2, 0.25) is 5.91 Å². The van der Waals surface area contributed by atoms with Gasteiger partial charge in [0.15, 0.2) is 0 Å². The zero-order valence-corrected chi connectivity index (χ0v) is 19.0. The van der Waals surface area contributed by atoms with Crippen LogP contribution in [0.2, 0.25) is 0 Å². The lowest BCUT2D eigenvalue weighted by atomic mass is 9.73. The van der Waals surface area contributed by atoms with Gasteiger partial charge in [-0.25, -0.2) is 4.79 Å². The van der Waals surface area contributed by atoms with E-state index in [2.05, 4.69) is 47.1 Å². The standard InChI is InChI=1S/C22H32N2O2.C2HF3O2/c1-2-24-21(25)16-20(19-6-4-3-5-7-19)22(24)10-12-23(13-11-22)17-18-8-14-26-15-9-18;3-2(4,5)1(6)7/h3-7,18,20H,2,8-17H2,1H3;(H,6,7). The number of likely N-dealkylation sites (tertiary alicyclic amines) is 2. The zero-order chi connectivity index (χ0) is 24.1. The molecule has 3 aliphatic heterocycles. The number of likely N-dealkylation sites (N-methyl/N-ethyl adjacent to an activating group) is 1. The van der Waals surface area contributed by atoms with Crippen molar-refractivity contribution in [1.82, 2.24) is 9.80 Å². The minimum atomic E-state index is -5.08. The summed E-state index contributed by atoms with van der Waals surface area (Å²) in [7, 11) is 0. The number of benzene rings is 1. The molecule has 3 aliphatic rings. The van der Waals surface area contributed by atoms with E-state index < -0.39 is 12.1 Å². The summed E-state index contributed by atoms with van der Waals surface area (Å²) in [6.07, 6.45) is 0.213. The normalized spacial score (nSPS) is 23.9. The Morgan fingerprint density at radius 3 is 2.24 bits per heavy atom. The number of carbonyl (C=O) groups excluding carboxylic acids is 1. The number of alkyl halides is 3. The molecule has 9 heteroatoms. The van der Waals surface area contributed by atoms with E-state index >= 15 is 0 Å². The van der Waals surface area contributed by atoms with E-state index in [-0.39, 0.29) is 5.54 Å². The second kappa shape index (κ2) is 10.9. The molecule has 33 heavy (non-hydrogen) atoms. The van der Waals surface area contributed by atoms with Crippen LogP contribution in [0, 0.1) is 5.92 Å². The van der Waals surface area contributed by atoms with E-state index in [0.29, 0.717) is 18.2 Å². The number of ether oxygens (including phenoxy) is 1. The van der Waals surface area contributed by atoms with Crippen molar-refractivity contribution in [3.63, 3.8) is 0 Å². The van der Waals surface area contributed by atoms with Gasteiger partial charge < -0.3 is 19.6 Å². The summed E-state index contributed by atoms with van der Waals surface area (Å²) in [4.78, 5) is 26.5. The van der Waals surface area contributed by atoms with Crippen molar-refractivity contribution in [3.8, 4) is 0 Å². The Bertz CT molecular complexity index is 789. The molecular formula is C24H33F3N2O4. The quantitative estimate of drug-likeness (QED) is 0.723. The molecule has 184 valence electrons. The van der Waals surface area contributed by atoms with Crippen molar-refractivity contribution in [2.24, 2.45) is 5.92 Å². The van der Waals surface area contributed by atoms with Crippen molar-refractivity contribution >= 4 is 11.9 Å². The molecule has 0 aliphatic carbocycles. The van der Waals surface area contributed by atoms with Crippen molar-refractivity contribution in [3.05, 3.63) is 35.9 Å². The topological polar surface area (TPSA) is 70.1 Å². The van der Waals surface area contributed by atoms with Gasteiger partial charge in [-0.2, -0.15) is 13.2 Å². The zero-order valence-electron chi connectivity index (χ0n) is 19.0. The summed E-state index contributed by atoms with van der Waals surface area (Å²) >= 11 is 0. The smallest absolute Gasteiger partial charge is 0.475 e. The van der Waals surface area contributed by atoms with Crippen molar-refractivity contribution in [2.75, 3.05) is 39.4 Å². The fourth-order valence-electron chi connectivity index (χ4n) is 5.55. The minimum Gasteiger partial charge on any atom is -0.475 e. The Kier molecular flexibility index (Phi) is 8.39. The van der Waals surface area contributed by atoms with Crippen LogP contribution in [-0.2, 0) is 14.3 Å². The van der Waals surface area contributed by atoms with Crippen molar-refractivity contribution < 1.29 is 32.6 Å². The number of aliphatic carboxylic acids is 1. The molecule has 1 spiro atoms. The fraction of sp³-hybridized carbons (Fsp3) is 0.667. The lowest BCUT2D eigenvalue weighted by molar-refractivity contribution is -0.192. The Hall–Kier alpha value is -2.13. The molecular weight excluding hydrogens is 437 g/mol. The lowest BCUT2D eigenvalue weighted by Crippen LogP contribution is -2.55. The molecule has 0 aromatic heterocycles. The maximum atomic E-state index is 12.8. The average Bonchev–Trinajstić information content (AvgIpc) is 3.07. The Morgan fingerprint density at radius 2 is 1.73 bits per heavy atom. The van der Waals surface area contributed by atoms with Crippen LogP contribution < -0.4 is 0 Å². The number of carbonyl (C=O) groups is 2. The Labute approximate surface area is 192 Å². The predicted molar refractivity (Wildman–Crippen MR) is 117 cm³/mol. The molecule has 4 rings (SSSR count). The second-order valence-electron chi connectivity index (χ2n) is 9.07. The molecule has 1 amide bonds. The van der Waals surface area contributed by atoms with Crippen LogP contribution in [0.15, 0.2) is 30.3 Å². The maximum Gasteiger partial charge on any atom is 0.490 e. The van der Waals surface area contributed by atoms with E-state index in [9.17, 15) is 18.0 Å². The van der Waals surface area contributed by atoms with Crippen LogP contribution in [0.3, 0.4) is 0 Å². The van der Waals surface area contributed by atoms with E-state index in [4.69, 9.17) is 14.6 Å². The average molecular weight is 471 g/mol. The first-order valence-corrected chi connectivity index (χ1v) is 11.6. The number of nitrogens with zero attached hydrogens (tertiary/aromatic N) is 2. The molecule has 6 nitrogen and oxygen atoms in total. The number of hydrogen-bond acceptors (Lipinski definition) is 4. The molecule has 0 radical (unpaired) electrons. The van der Waals surface area contributed by atoms with Gasteiger partial charge in [0, 0.05) is 51.7 Å². The molecule has 1 unspecified atom stereocenters. The molecule has 3 saturated heterocycles. The molecule has 1 aromatic carbocycles. The highest BCUT2D eigenvalue weighted by atomic mass is 19.4. The van der Waals surface area contributed by atoms with Crippen LogP contribution in [-0.4, -0.2) is 77.9 Å². The third kappa shape index (κ3) is 6.06. The molecule has 1 N–H and O–H groups in total. The van der Waals surface area contributed by atoms with Gasteiger partial charge >= 0.3 is 12.1 Å². The van der Waals surface area contributed by atoms with Crippen LogP contribution in [0.25, 0.3) is 0 Å². The highest BCUT2D eigenvalue weighted by molar-refractivity contribution is 5.81. The fourth-order valence-corrected chi connectivity index (χ4v) is 5.55. The van der Waals surface area contributed by atoms with Gasteiger partial charge in [-0.3, -0.25) is 4.79 Å². The van der Waals surface area contributed by atoms with Crippen LogP contribution >= 0.6 is 0 Å². The summed E-state index contributed by atoms with van der Waals surface area (Å²) in [5.41, 5.74) is 1.37. The van der Waals surface area contributed by atoms with Gasteiger partial charge in [-0.1, -0.05) is 30.3 Å². The molecule has 1 aromatic rings. The number of amides is 1. The molecule has 0 saturated carbocycles. The minimum absolute atomic E-state index is 0.0271. The highest BCUT2D eigenvalue weighted by Gasteiger charge is 2.53. The first-order valence-electron chi connectivity index (χ1n) is 11.6. The number of carboxylic acid groups (broad SMARTS) is 1. The van der Waals surface area contributed by atoms with Gasteiger partial charge in [-0.15, -0.1) is 0 Å². The van der Waals surface area contributed by atoms with Crippen LogP contribution in [0.1, 0.15) is 50.5 Å². The highest BCUT2D eigenvalue weighted by Crippen LogP contribution is 2.48. The van der Waals surface area contributed by atoms with Crippen LogP contribution in [0.5, 0.6) is 0 Å². The van der Waals surface area contributed by atoms with Crippen molar-refractivity contribution in [2.45, 2.75) is 56.7 Å². The number of halogens is 3. The number of piperidine rings is 1. The van der Waals surface area contributed by atoms with E-state index in [1.165, 1.54) is 24.9 Å². The largest absolute Gasteiger partial charge is 0.490 e. The maximum absolute atomic E-state index is 12.8. The summed E-state index contributed by atoms with van der Waals surface area (Å²) in [6, 6.07) is 10.7. The molecule has 3 fully saturated rings. The first kappa shape index (κ1) is 25.5. The molecule has 0 bridgehead atoms. The van der Waals surface area contributed by atoms with Gasteiger partial charge in [0.25, 0.3) is 0 Å². The number of rotatable bonds is 4. The lowest BCUT2D eigenvalue weighted by Gasteiger charge is -2.48. The predicted octanol–water partition coefficient (Wildman–Crippen LogP) is 3.92. The summed E-state index contributed by atoms with van der Waals surface area (Å²) in [5.74, 6) is -1.27. The third-order valence-electron chi connectivity index (χ3n) is 7.21. The SMILES string of the molecule is CCN1C(=O)CC(c2ccccc2)C12CCN(CC1CCOCC1)CC2.O=C(O)C(F)(F)F. The second-order valence-corrected chi connectivity index (χ2v) is 9.07. The monoisotopic (exact) mass is 470 g/mol. The molecule has 3 heterocycles. The number of carboxylic acids is 1. The van der Waals surface area contributed by atoms with Crippen molar-refractivity contribution in [1.29, 1.82) is 0 Å². The van der Waals surface area contributed by atoms with Gasteiger partial charge in [-0.05, 0) is 44.1 Å². The van der Waals surface area contributed by atoms with E-state index in [1.54, 1.807) is 0 Å². The Morgan fingerprint density at radius 1 is 1.15 bits per heavy atom. The third-order valence-corrected chi connectivity index (χ3v) is 7.21. The number of hydrogen-bond donors (Lipinski definition) is 1. The Balaban J connectivity index is 0.000000383.